The largest absolute Gasteiger partial charge is 0.496 e. The SMILES string of the molecule is COc1cc([N+](=O)[O-])ccc1-c1ccc(/C=C(\C#N)C(=O)NCc2ccccc2)o1. The van der Waals surface area contributed by atoms with Gasteiger partial charge in [-0.15, -0.1) is 0 Å². The predicted octanol–water partition coefficient (Wildman–Crippen LogP) is 4.09. The maximum absolute atomic E-state index is 12.3. The lowest BCUT2D eigenvalue weighted by molar-refractivity contribution is -0.384. The number of nitrogens with one attached hydrogen (secondary N) is 1. The van der Waals surface area contributed by atoms with Gasteiger partial charge in [-0.05, 0) is 23.8 Å². The number of ether oxygens (including phenoxy) is 1. The van der Waals surface area contributed by atoms with E-state index in [4.69, 9.17) is 9.15 Å². The molecule has 0 aliphatic rings. The van der Waals surface area contributed by atoms with Crippen molar-refractivity contribution in [2.24, 2.45) is 0 Å². The number of carbonyl (C=O) groups is 1. The van der Waals surface area contributed by atoms with Crippen molar-refractivity contribution in [2.75, 3.05) is 7.11 Å². The Labute approximate surface area is 172 Å². The number of benzene rings is 2. The van der Waals surface area contributed by atoms with Gasteiger partial charge in [0.2, 0.25) is 0 Å². The number of furan rings is 1. The van der Waals surface area contributed by atoms with Crippen LogP contribution in [-0.2, 0) is 11.3 Å². The topological polar surface area (TPSA) is 118 Å². The van der Waals surface area contributed by atoms with Gasteiger partial charge in [-0.1, -0.05) is 30.3 Å². The molecule has 2 aromatic carbocycles. The first-order chi connectivity index (χ1) is 14.5. The molecule has 0 radical (unpaired) electrons. The zero-order valence-electron chi connectivity index (χ0n) is 16.0. The molecule has 0 saturated carbocycles. The lowest BCUT2D eigenvalue weighted by atomic mass is 10.1. The summed E-state index contributed by atoms with van der Waals surface area (Å²) in [5.74, 6) is 0.425. The highest BCUT2D eigenvalue weighted by Crippen LogP contribution is 2.34. The quantitative estimate of drug-likeness (QED) is 0.275. The molecule has 150 valence electrons. The van der Waals surface area contributed by atoms with Gasteiger partial charge >= 0.3 is 0 Å². The molecule has 0 spiro atoms. The molecular formula is C22H17N3O5. The number of nitro benzene ring substituents is 1. The Morgan fingerprint density at radius 2 is 2.00 bits per heavy atom. The number of nitrogens with zero attached hydrogens (tertiary/aromatic N) is 2. The van der Waals surface area contributed by atoms with Crippen LogP contribution in [0.1, 0.15) is 11.3 Å². The van der Waals surface area contributed by atoms with E-state index in [1.165, 1.54) is 31.4 Å². The van der Waals surface area contributed by atoms with Gasteiger partial charge in [0.05, 0.1) is 23.7 Å². The van der Waals surface area contributed by atoms with Crippen LogP contribution in [0.4, 0.5) is 5.69 Å². The first-order valence-electron chi connectivity index (χ1n) is 8.88. The van der Waals surface area contributed by atoms with Gasteiger partial charge in [0, 0.05) is 18.7 Å². The van der Waals surface area contributed by atoms with Crippen molar-refractivity contribution in [1.82, 2.24) is 5.32 Å². The Kier molecular flexibility index (Phi) is 6.25. The number of methoxy groups -OCH3 is 1. The van der Waals surface area contributed by atoms with Gasteiger partial charge in [0.15, 0.2) is 0 Å². The molecule has 3 rings (SSSR count). The minimum atomic E-state index is -0.521. The number of amides is 1. The zero-order chi connectivity index (χ0) is 21.5. The van der Waals surface area contributed by atoms with Crippen LogP contribution in [0.3, 0.4) is 0 Å². The zero-order valence-corrected chi connectivity index (χ0v) is 16.0. The third-order valence-electron chi connectivity index (χ3n) is 4.24. The van der Waals surface area contributed by atoms with Crippen molar-refractivity contribution in [2.45, 2.75) is 6.54 Å². The van der Waals surface area contributed by atoms with E-state index in [1.807, 2.05) is 36.4 Å². The Morgan fingerprint density at radius 1 is 1.23 bits per heavy atom. The van der Waals surface area contributed by atoms with E-state index in [0.29, 0.717) is 17.9 Å². The van der Waals surface area contributed by atoms with Gasteiger partial charge in [0.25, 0.3) is 11.6 Å². The van der Waals surface area contributed by atoms with Crippen LogP contribution in [0.2, 0.25) is 0 Å². The van der Waals surface area contributed by atoms with Crippen LogP contribution in [-0.4, -0.2) is 17.9 Å². The molecule has 8 heteroatoms. The molecule has 1 amide bonds. The molecule has 0 fully saturated rings. The molecule has 3 aromatic rings. The van der Waals surface area contributed by atoms with Crippen molar-refractivity contribution in [3.8, 4) is 23.1 Å². The van der Waals surface area contributed by atoms with Gasteiger partial charge in [-0.2, -0.15) is 5.26 Å². The highest BCUT2D eigenvalue weighted by molar-refractivity contribution is 6.01. The average Bonchev–Trinajstić information content (AvgIpc) is 3.24. The summed E-state index contributed by atoms with van der Waals surface area (Å²) in [4.78, 5) is 22.7. The number of hydrogen-bond acceptors (Lipinski definition) is 6. The normalized spacial score (nSPS) is 10.9. The minimum absolute atomic E-state index is 0.107. The van der Waals surface area contributed by atoms with Crippen molar-refractivity contribution in [1.29, 1.82) is 5.26 Å². The van der Waals surface area contributed by atoms with Crippen LogP contribution in [0.15, 0.2) is 70.7 Å². The molecule has 30 heavy (non-hydrogen) atoms. The molecule has 1 heterocycles. The van der Waals surface area contributed by atoms with E-state index in [2.05, 4.69) is 5.32 Å². The van der Waals surface area contributed by atoms with Crippen LogP contribution in [0.25, 0.3) is 17.4 Å². The van der Waals surface area contributed by atoms with E-state index < -0.39 is 10.8 Å². The van der Waals surface area contributed by atoms with Gasteiger partial charge < -0.3 is 14.5 Å². The maximum Gasteiger partial charge on any atom is 0.273 e. The third kappa shape index (κ3) is 4.72. The second-order valence-electron chi connectivity index (χ2n) is 6.18. The van der Waals surface area contributed by atoms with Crippen LogP contribution in [0.5, 0.6) is 5.75 Å². The van der Waals surface area contributed by atoms with Crippen LogP contribution >= 0.6 is 0 Å². The molecule has 1 N–H and O–H groups in total. The summed E-state index contributed by atoms with van der Waals surface area (Å²) >= 11 is 0. The fraction of sp³-hybridized carbons (Fsp3) is 0.0909. The van der Waals surface area contributed by atoms with Crippen molar-refractivity contribution in [3.63, 3.8) is 0 Å². The lowest BCUT2D eigenvalue weighted by Gasteiger charge is -2.06. The van der Waals surface area contributed by atoms with Crippen molar-refractivity contribution in [3.05, 3.63) is 87.7 Å². The molecular weight excluding hydrogens is 386 g/mol. The first kappa shape index (κ1) is 20.4. The molecule has 0 aliphatic carbocycles. The standard InChI is InChI=1S/C22H17N3O5/c1-29-21-12-17(25(27)28)7-9-19(21)20-10-8-18(30-20)11-16(13-23)22(26)24-14-15-5-3-2-4-6-15/h2-12H,14H2,1H3,(H,24,26)/b16-11+. The van der Waals surface area contributed by atoms with Crippen LogP contribution < -0.4 is 10.1 Å². The fourth-order valence-electron chi connectivity index (χ4n) is 2.74. The molecule has 0 saturated heterocycles. The van der Waals surface area contributed by atoms with E-state index in [-0.39, 0.29) is 22.8 Å². The summed E-state index contributed by atoms with van der Waals surface area (Å²) in [7, 11) is 1.40. The highest BCUT2D eigenvalue weighted by Gasteiger charge is 2.16. The number of carbonyl (C=O) groups excluding carboxylic acids is 1. The van der Waals surface area contributed by atoms with E-state index >= 15 is 0 Å². The van der Waals surface area contributed by atoms with Gasteiger partial charge in [0.1, 0.15) is 28.9 Å². The molecule has 0 atom stereocenters. The number of nitriles is 1. The first-order valence-corrected chi connectivity index (χ1v) is 8.88. The third-order valence-corrected chi connectivity index (χ3v) is 4.24. The van der Waals surface area contributed by atoms with E-state index in [1.54, 1.807) is 12.1 Å². The average molecular weight is 403 g/mol. The lowest BCUT2D eigenvalue weighted by Crippen LogP contribution is -2.23. The number of rotatable bonds is 7. The van der Waals surface area contributed by atoms with Gasteiger partial charge in [-0.25, -0.2) is 0 Å². The van der Waals surface area contributed by atoms with Crippen molar-refractivity contribution >= 4 is 17.7 Å². The predicted molar refractivity (Wildman–Crippen MR) is 109 cm³/mol. The number of nitro groups is 1. The summed E-state index contributed by atoms with van der Waals surface area (Å²) in [6.07, 6.45) is 1.34. The van der Waals surface area contributed by atoms with Gasteiger partial charge in [-0.3, -0.25) is 14.9 Å². The Hall–Kier alpha value is -4.38. The molecule has 0 bridgehead atoms. The van der Waals surface area contributed by atoms with Crippen molar-refractivity contribution < 1.29 is 18.9 Å². The Balaban J connectivity index is 1.79. The summed E-state index contributed by atoms with van der Waals surface area (Å²) in [6.45, 7) is 0.294. The Bertz CT molecular complexity index is 1140. The maximum atomic E-state index is 12.3. The summed E-state index contributed by atoms with van der Waals surface area (Å²) < 4.78 is 10.9. The summed E-state index contributed by atoms with van der Waals surface area (Å²) in [5, 5.41) is 23.0. The molecule has 1 aromatic heterocycles. The summed E-state index contributed by atoms with van der Waals surface area (Å²) in [5.41, 5.74) is 1.20. The summed E-state index contributed by atoms with van der Waals surface area (Å²) in [6, 6.07) is 18.6. The van der Waals surface area contributed by atoms with Crippen LogP contribution in [0, 0.1) is 21.4 Å². The monoisotopic (exact) mass is 403 g/mol. The minimum Gasteiger partial charge on any atom is -0.496 e. The smallest absolute Gasteiger partial charge is 0.273 e. The highest BCUT2D eigenvalue weighted by atomic mass is 16.6. The fourth-order valence-corrected chi connectivity index (χ4v) is 2.74. The molecule has 0 aliphatic heterocycles. The Morgan fingerprint density at radius 3 is 2.67 bits per heavy atom. The number of hydrogen-bond donors (Lipinski definition) is 1. The molecule has 8 nitrogen and oxygen atoms in total. The molecule has 0 unspecified atom stereocenters. The second-order valence-corrected chi connectivity index (χ2v) is 6.18. The number of non-ortho nitro benzene ring substituents is 1. The van der Waals surface area contributed by atoms with E-state index in [0.717, 1.165) is 5.56 Å². The second kappa shape index (κ2) is 9.21. The van der Waals surface area contributed by atoms with E-state index in [9.17, 15) is 20.2 Å².